The number of benzene rings is 3. The van der Waals surface area contributed by atoms with Crippen molar-refractivity contribution < 1.29 is 17.9 Å². The van der Waals surface area contributed by atoms with Crippen LogP contribution in [-0.4, -0.2) is 46.0 Å². The van der Waals surface area contributed by atoms with Crippen molar-refractivity contribution >= 4 is 33.2 Å². The number of anilines is 1. The summed E-state index contributed by atoms with van der Waals surface area (Å²) in [6.45, 7) is 3.13. The molecule has 1 fully saturated rings. The highest BCUT2D eigenvalue weighted by atomic mass is 35.5. The van der Waals surface area contributed by atoms with E-state index in [-0.39, 0.29) is 11.4 Å². The highest BCUT2D eigenvalue weighted by molar-refractivity contribution is 7.92. The SMILES string of the molecule is COc1ccc(S(=O)(=O)N(CC(=O)NCc2ccc(CN3CCCC3)cc2)c2cccc(Cl)c2)cc1. The number of methoxy groups -OCH3 is 1. The summed E-state index contributed by atoms with van der Waals surface area (Å²) >= 11 is 6.13. The van der Waals surface area contributed by atoms with Gasteiger partial charge < -0.3 is 10.1 Å². The summed E-state index contributed by atoms with van der Waals surface area (Å²) in [6.07, 6.45) is 2.51. The Bertz CT molecular complexity index is 1280. The van der Waals surface area contributed by atoms with Gasteiger partial charge in [0.15, 0.2) is 0 Å². The van der Waals surface area contributed by atoms with Crippen LogP contribution in [0.25, 0.3) is 0 Å². The van der Waals surface area contributed by atoms with Crippen LogP contribution in [0, 0.1) is 0 Å². The van der Waals surface area contributed by atoms with Gasteiger partial charge in [-0.05, 0) is 79.5 Å². The van der Waals surface area contributed by atoms with Gasteiger partial charge in [0, 0.05) is 18.1 Å². The Morgan fingerprint density at radius 1 is 1.00 bits per heavy atom. The lowest BCUT2D eigenvalue weighted by Gasteiger charge is -2.24. The quantitative estimate of drug-likeness (QED) is 0.421. The monoisotopic (exact) mass is 527 g/mol. The van der Waals surface area contributed by atoms with Crippen molar-refractivity contribution in [3.8, 4) is 5.75 Å². The Kier molecular flexibility index (Phi) is 8.51. The van der Waals surface area contributed by atoms with Gasteiger partial charge in [0.25, 0.3) is 10.0 Å². The van der Waals surface area contributed by atoms with Gasteiger partial charge in [0.05, 0.1) is 17.7 Å². The van der Waals surface area contributed by atoms with Crippen molar-refractivity contribution in [3.05, 3.63) is 88.9 Å². The maximum Gasteiger partial charge on any atom is 0.264 e. The second-order valence-corrected chi connectivity index (χ2v) is 11.0. The number of nitrogens with one attached hydrogen (secondary N) is 1. The fraction of sp³-hybridized carbons (Fsp3) is 0.296. The maximum absolute atomic E-state index is 13.5. The highest BCUT2D eigenvalue weighted by Crippen LogP contribution is 2.27. The van der Waals surface area contributed by atoms with E-state index in [1.165, 1.54) is 43.7 Å². The van der Waals surface area contributed by atoms with Crippen molar-refractivity contribution in [2.45, 2.75) is 30.8 Å². The fourth-order valence-corrected chi connectivity index (χ4v) is 5.77. The summed E-state index contributed by atoms with van der Waals surface area (Å²) in [5, 5.41) is 3.21. The Morgan fingerprint density at radius 2 is 1.67 bits per heavy atom. The van der Waals surface area contributed by atoms with Crippen molar-refractivity contribution in [2.75, 3.05) is 31.0 Å². The molecule has 7 nitrogen and oxygen atoms in total. The number of nitrogens with zero attached hydrogens (tertiary/aromatic N) is 2. The van der Waals surface area contributed by atoms with Crippen molar-refractivity contribution in [1.82, 2.24) is 10.2 Å². The second kappa shape index (κ2) is 11.8. The van der Waals surface area contributed by atoms with Crippen LogP contribution in [0.15, 0.2) is 77.7 Å². The van der Waals surface area contributed by atoms with E-state index in [1.807, 2.05) is 12.1 Å². The van der Waals surface area contributed by atoms with Crippen molar-refractivity contribution in [3.63, 3.8) is 0 Å². The molecule has 3 aromatic carbocycles. The molecule has 0 spiro atoms. The minimum atomic E-state index is -4.04. The molecule has 0 atom stereocenters. The molecule has 0 radical (unpaired) electrons. The summed E-state index contributed by atoms with van der Waals surface area (Å²) in [6, 6.07) is 20.6. The third-order valence-corrected chi connectivity index (χ3v) is 8.17. The van der Waals surface area contributed by atoms with E-state index < -0.39 is 15.9 Å². The molecule has 1 aliphatic rings. The molecule has 190 valence electrons. The molecule has 36 heavy (non-hydrogen) atoms. The molecule has 1 aliphatic heterocycles. The number of halogens is 1. The molecule has 0 unspecified atom stereocenters. The Hall–Kier alpha value is -3.07. The average molecular weight is 528 g/mol. The van der Waals surface area contributed by atoms with E-state index in [0.717, 1.165) is 29.5 Å². The number of hydrogen-bond acceptors (Lipinski definition) is 5. The van der Waals surface area contributed by atoms with Gasteiger partial charge in [-0.3, -0.25) is 14.0 Å². The number of carbonyl (C=O) groups excluding carboxylic acids is 1. The van der Waals surface area contributed by atoms with Crippen LogP contribution >= 0.6 is 11.6 Å². The molecule has 3 aromatic rings. The molecule has 0 bridgehead atoms. The van der Waals surface area contributed by atoms with Crippen LogP contribution in [0.4, 0.5) is 5.69 Å². The zero-order chi connectivity index (χ0) is 25.5. The first-order chi connectivity index (χ1) is 17.3. The average Bonchev–Trinajstić information content (AvgIpc) is 3.40. The Labute approximate surface area is 217 Å². The number of sulfonamides is 1. The molecule has 0 saturated carbocycles. The van der Waals surface area contributed by atoms with E-state index in [9.17, 15) is 13.2 Å². The van der Waals surface area contributed by atoms with Crippen LogP contribution < -0.4 is 14.4 Å². The largest absolute Gasteiger partial charge is 0.497 e. The summed E-state index contributed by atoms with van der Waals surface area (Å²) in [5.41, 5.74) is 2.49. The van der Waals surface area contributed by atoms with Crippen LogP contribution in [-0.2, 0) is 27.9 Å². The Balaban J connectivity index is 1.45. The molecular weight excluding hydrogens is 498 g/mol. The first-order valence-electron chi connectivity index (χ1n) is 11.8. The first kappa shape index (κ1) is 26.0. The van der Waals surface area contributed by atoms with Gasteiger partial charge in [-0.2, -0.15) is 0 Å². The topological polar surface area (TPSA) is 79.0 Å². The summed E-state index contributed by atoms with van der Waals surface area (Å²) < 4.78 is 33.2. The minimum Gasteiger partial charge on any atom is -0.497 e. The molecule has 0 aliphatic carbocycles. The predicted molar refractivity (Wildman–Crippen MR) is 142 cm³/mol. The van der Waals surface area contributed by atoms with Crippen molar-refractivity contribution in [2.24, 2.45) is 0 Å². The number of hydrogen-bond donors (Lipinski definition) is 1. The maximum atomic E-state index is 13.5. The van der Waals surface area contributed by atoms with Gasteiger partial charge in [-0.1, -0.05) is 41.9 Å². The molecule has 4 rings (SSSR count). The third kappa shape index (κ3) is 6.57. The van der Waals surface area contributed by atoms with E-state index in [1.54, 1.807) is 30.3 Å². The standard InChI is InChI=1S/C27H30ClN3O4S/c1-35-25-11-13-26(14-12-25)36(33,34)31(24-6-4-5-23(28)17-24)20-27(32)29-18-21-7-9-22(10-8-21)19-30-15-2-3-16-30/h4-14,17H,2-3,15-16,18-20H2,1H3,(H,29,32). The van der Waals surface area contributed by atoms with Crippen molar-refractivity contribution in [1.29, 1.82) is 0 Å². The highest BCUT2D eigenvalue weighted by Gasteiger charge is 2.27. The van der Waals surface area contributed by atoms with E-state index in [2.05, 4.69) is 22.3 Å². The molecule has 9 heteroatoms. The zero-order valence-electron chi connectivity index (χ0n) is 20.2. The van der Waals surface area contributed by atoms with Gasteiger partial charge in [0.1, 0.15) is 12.3 Å². The number of amides is 1. The minimum absolute atomic E-state index is 0.0460. The lowest BCUT2D eigenvalue weighted by Crippen LogP contribution is -2.40. The van der Waals surface area contributed by atoms with Gasteiger partial charge in [-0.25, -0.2) is 8.42 Å². The molecule has 1 saturated heterocycles. The van der Waals surface area contributed by atoms with Crippen LogP contribution in [0.5, 0.6) is 5.75 Å². The number of rotatable bonds is 10. The predicted octanol–water partition coefficient (Wildman–Crippen LogP) is 4.46. The third-order valence-electron chi connectivity index (χ3n) is 6.15. The van der Waals surface area contributed by atoms with E-state index in [4.69, 9.17) is 16.3 Å². The lowest BCUT2D eigenvalue weighted by molar-refractivity contribution is -0.119. The van der Waals surface area contributed by atoms with Gasteiger partial charge in [0.2, 0.25) is 5.91 Å². The molecule has 1 amide bonds. The number of ether oxygens (including phenoxy) is 1. The molecule has 1 heterocycles. The number of carbonyl (C=O) groups is 1. The summed E-state index contributed by atoms with van der Waals surface area (Å²) in [7, 11) is -2.53. The first-order valence-corrected chi connectivity index (χ1v) is 13.7. The normalized spacial score (nSPS) is 13.9. The van der Waals surface area contributed by atoms with E-state index >= 15 is 0 Å². The molecular formula is C27H30ClN3O4S. The van der Waals surface area contributed by atoms with Gasteiger partial charge >= 0.3 is 0 Å². The Morgan fingerprint density at radius 3 is 2.31 bits per heavy atom. The number of likely N-dealkylation sites (tertiary alicyclic amines) is 1. The second-order valence-electron chi connectivity index (χ2n) is 8.74. The summed E-state index contributed by atoms with van der Waals surface area (Å²) in [5.74, 6) is 0.112. The summed E-state index contributed by atoms with van der Waals surface area (Å²) in [4.78, 5) is 15.4. The molecule has 1 N–H and O–H groups in total. The zero-order valence-corrected chi connectivity index (χ0v) is 21.8. The van der Waals surface area contributed by atoms with Crippen LogP contribution in [0.2, 0.25) is 5.02 Å². The van der Waals surface area contributed by atoms with Gasteiger partial charge in [-0.15, -0.1) is 0 Å². The smallest absolute Gasteiger partial charge is 0.264 e. The van der Waals surface area contributed by atoms with E-state index in [0.29, 0.717) is 23.0 Å². The lowest BCUT2D eigenvalue weighted by atomic mass is 10.1. The van der Waals surface area contributed by atoms with Crippen LogP contribution in [0.3, 0.4) is 0 Å². The van der Waals surface area contributed by atoms with Crippen LogP contribution in [0.1, 0.15) is 24.0 Å². The fourth-order valence-electron chi connectivity index (χ4n) is 4.17. The molecule has 0 aromatic heterocycles.